The highest BCUT2D eigenvalue weighted by atomic mass is 35.5. The van der Waals surface area contributed by atoms with Crippen molar-refractivity contribution in [2.45, 2.75) is 79.8 Å². The lowest BCUT2D eigenvalue weighted by atomic mass is 9.89. The van der Waals surface area contributed by atoms with Crippen LogP contribution in [0.4, 0.5) is 0 Å². The van der Waals surface area contributed by atoms with Gasteiger partial charge >= 0.3 is 7.60 Å². The molecule has 0 amide bonds. The van der Waals surface area contributed by atoms with Gasteiger partial charge in [0.25, 0.3) is 0 Å². The van der Waals surface area contributed by atoms with E-state index in [4.69, 9.17) is 59.6 Å². The summed E-state index contributed by atoms with van der Waals surface area (Å²) in [5.74, 6) is 0. The van der Waals surface area contributed by atoms with Crippen LogP contribution >= 0.6 is 42.4 Å². The molecule has 42 heavy (non-hydrogen) atoms. The van der Waals surface area contributed by atoms with Gasteiger partial charge in [-0.15, -0.1) is 19.7 Å². The van der Waals surface area contributed by atoms with Gasteiger partial charge in [-0.3, -0.25) is 4.57 Å². The molecule has 1 unspecified atom stereocenters. The molecule has 1 atom stereocenters. The maximum absolute atomic E-state index is 11.5. The number of allylic oxidation sites excluding steroid dienone is 7. The molecule has 0 bridgehead atoms. The number of carbonyl (C=O) groups is 1. The third-order valence-corrected chi connectivity index (χ3v) is 7.69. The predicted molar refractivity (Wildman–Crippen MR) is 177 cm³/mol. The fourth-order valence-electron chi connectivity index (χ4n) is 2.63. The molecule has 0 aliphatic carbocycles. The maximum Gasteiger partial charge on any atom is 0.362 e. The lowest BCUT2D eigenvalue weighted by molar-refractivity contribution is -0.114. The Kier molecular flexibility index (Phi) is 28.3. The molecule has 11 heteroatoms. The Morgan fingerprint density at radius 2 is 1.10 bits per heavy atom. The van der Waals surface area contributed by atoms with E-state index in [-0.39, 0.29) is 39.5 Å². The van der Waals surface area contributed by atoms with Crippen LogP contribution in [-0.2, 0) is 18.4 Å². The molecule has 236 valence electrons. The number of halogens is 3. The van der Waals surface area contributed by atoms with Gasteiger partial charge in [0.15, 0.2) is 0 Å². The van der Waals surface area contributed by atoms with Crippen LogP contribution in [0.15, 0.2) is 60.2 Å². The quantitative estimate of drug-likeness (QED) is 0.0596. The van der Waals surface area contributed by atoms with Crippen LogP contribution in [0.1, 0.15) is 74.7 Å². The van der Waals surface area contributed by atoms with Crippen LogP contribution in [0.2, 0.25) is 0 Å². The molecular formula is C31H47Cl3N3O4P. The first kappa shape index (κ1) is 46.8. The smallest absolute Gasteiger partial charge is 0.307 e. The van der Waals surface area contributed by atoms with E-state index in [2.05, 4.69) is 19.7 Å². The van der Waals surface area contributed by atoms with Crippen LogP contribution < -0.4 is 0 Å². The number of aldehydes is 1. The fraction of sp³-hybridized carbons (Fsp3) is 0.548. The largest absolute Gasteiger partial charge is 0.362 e. The summed E-state index contributed by atoms with van der Waals surface area (Å²) in [6, 6.07) is 5.37. The molecule has 0 aromatic rings. The van der Waals surface area contributed by atoms with Gasteiger partial charge in [0, 0.05) is 5.41 Å². The summed E-state index contributed by atoms with van der Waals surface area (Å²) < 4.78 is 21.1. The van der Waals surface area contributed by atoms with Crippen molar-refractivity contribution in [3.8, 4) is 18.2 Å². The molecule has 0 saturated heterocycles. The average Bonchev–Trinajstić information content (AvgIpc) is 2.88. The number of hydrogen-bond donors (Lipinski definition) is 0. The van der Waals surface area contributed by atoms with E-state index >= 15 is 0 Å². The fourth-order valence-corrected chi connectivity index (χ4v) is 4.76. The van der Waals surface area contributed by atoms with E-state index in [9.17, 15) is 9.36 Å². The molecule has 0 aliphatic heterocycles. The van der Waals surface area contributed by atoms with Crippen molar-refractivity contribution < 1.29 is 18.4 Å². The normalized spacial score (nSPS) is 12.5. The maximum atomic E-state index is 11.5. The van der Waals surface area contributed by atoms with Crippen molar-refractivity contribution in [1.29, 1.82) is 15.8 Å². The lowest BCUT2D eigenvalue weighted by Crippen LogP contribution is -2.10. The van der Waals surface area contributed by atoms with Gasteiger partial charge in [-0.2, -0.15) is 15.8 Å². The summed E-state index contributed by atoms with van der Waals surface area (Å²) in [5.41, 5.74) is -0.328. The minimum atomic E-state index is -3.41. The highest BCUT2D eigenvalue weighted by Gasteiger charge is 2.33. The first-order valence-electron chi connectivity index (χ1n) is 13.0. The van der Waals surface area contributed by atoms with Gasteiger partial charge in [-0.05, 0) is 56.1 Å². The summed E-state index contributed by atoms with van der Waals surface area (Å²) >= 11 is 16.6. The van der Waals surface area contributed by atoms with Gasteiger partial charge in [0.1, 0.15) is 28.5 Å². The highest BCUT2D eigenvalue weighted by molar-refractivity contribution is 7.57. The highest BCUT2D eigenvalue weighted by Crippen LogP contribution is 2.54. The summed E-state index contributed by atoms with van der Waals surface area (Å²) in [5, 5.41) is 24.5. The summed E-state index contributed by atoms with van der Waals surface area (Å²) in [6.07, 6.45) is 12.2. The molecule has 0 spiro atoms. The second-order valence-electron chi connectivity index (χ2n) is 10.6. The van der Waals surface area contributed by atoms with Crippen molar-refractivity contribution in [3.63, 3.8) is 0 Å². The standard InChI is InChI=1S/2C9H12ClN.C7H12O.C6H11ClNO3P/c2*1-4-5-9(2,3)6-8(10)7-11;1-4-5-7(2,3)6-8;1-3-10-12(9,11-4-2)6(7)5-8/h2*4,6H,1,5H2,2-3H3;4,6H,1,5H2,2-3H3;6H,3-4H2,1-2H3/b8-6+;8-6-;;. The van der Waals surface area contributed by atoms with E-state index in [0.717, 1.165) is 25.5 Å². The van der Waals surface area contributed by atoms with Gasteiger partial charge in [0.05, 0.1) is 19.3 Å². The van der Waals surface area contributed by atoms with Crippen LogP contribution in [0.25, 0.3) is 0 Å². The third kappa shape index (κ3) is 28.0. The minimum absolute atomic E-state index is 0.0609. The van der Waals surface area contributed by atoms with Gasteiger partial charge in [-0.1, -0.05) is 94.6 Å². The first-order valence-corrected chi connectivity index (χ1v) is 15.8. The Bertz CT molecular complexity index is 1000. The number of alkyl halides is 1. The first-order chi connectivity index (χ1) is 19.3. The summed E-state index contributed by atoms with van der Waals surface area (Å²) in [6.45, 7) is 26.3. The van der Waals surface area contributed by atoms with Crippen LogP contribution in [-0.4, -0.2) is 24.6 Å². The molecule has 7 nitrogen and oxygen atoms in total. The molecule has 0 rings (SSSR count). The third-order valence-electron chi connectivity index (χ3n) is 4.58. The zero-order valence-corrected chi connectivity index (χ0v) is 29.4. The van der Waals surface area contributed by atoms with Crippen molar-refractivity contribution in [1.82, 2.24) is 0 Å². The molecule has 0 aliphatic rings. The van der Waals surface area contributed by atoms with Crippen molar-refractivity contribution >= 4 is 48.7 Å². The van der Waals surface area contributed by atoms with Crippen LogP contribution in [0.5, 0.6) is 0 Å². The Morgan fingerprint density at radius 3 is 1.29 bits per heavy atom. The number of hydrogen-bond acceptors (Lipinski definition) is 7. The molecular weight excluding hydrogens is 616 g/mol. The van der Waals surface area contributed by atoms with Gasteiger partial charge < -0.3 is 13.8 Å². The number of carbonyl (C=O) groups excluding carboxylic acids is 1. The Hall–Kier alpha value is -2.14. The summed E-state index contributed by atoms with van der Waals surface area (Å²) in [7, 11) is -3.41. The van der Waals surface area contributed by atoms with E-state index in [1.807, 2.05) is 65.8 Å². The van der Waals surface area contributed by atoms with Crippen LogP contribution in [0, 0.1) is 50.2 Å². The second kappa shape index (κ2) is 25.4. The minimum Gasteiger partial charge on any atom is -0.307 e. The molecule has 0 heterocycles. The van der Waals surface area contributed by atoms with Crippen LogP contribution in [0.3, 0.4) is 0 Å². The zero-order valence-electron chi connectivity index (χ0n) is 26.3. The zero-order chi connectivity index (χ0) is 34.0. The predicted octanol–water partition coefficient (Wildman–Crippen LogP) is 10.6. The Balaban J connectivity index is -0.000000231. The lowest BCUT2D eigenvalue weighted by Gasteiger charge is -2.16. The molecule has 0 N–H and O–H groups in total. The van der Waals surface area contributed by atoms with E-state index < -0.39 is 12.7 Å². The average molecular weight is 663 g/mol. The van der Waals surface area contributed by atoms with Crippen molar-refractivity contribution in [2.24, 2.45) is 16.2 Å². The Morgan fingerprint density at radius 1 is 0.786 bits per heavy atom. The van der Waals surface area contributed by atoms with Crippen molar-refractivity contribution in [3.05, 3.63) is 60.2 Å². The summed E-state index contributed by atoms with van der Waals surface area (Å²) in [4.78, 5) is 10.2. The number of nitriles is 3. The Labute approximate surface area is 269 Å². The number of rotatable bonds is 14. The topological polar surface area (TPSA) is 124 Å². The van der Waals surface area contributed by atoms with E-state index in [0.29, 0.717) is 0 Å². The van der Waals surface area contributed by atoms with E-state index in [1.165, 1.54) is 0 Å². The number of nitrogens with zero attached hydrogens (tertiary/aromatic N) is 3. The van der Waals surface area contributed by atoms with Crippen molar-refractivity contribution in [2.75, 3.05) is 13.2 Å². The molecule has 0 fully saturated rings. The molecule has 0 radical (unpaired) electrons. The monoisotopic (exact) mass is 661 g/mol. The molecule has 0 aromatic carbocycles. The van der Waals surface area contributed by atoms with Gasteiger partial charge in [0.2, 0.25) is 5.12 Å². The molecule has 0 aromatic heterocycles. The SMILES string of the molecule is C=CCC(C)(C)/C=C(/Cl)C#N.C=CCC(C)(C)/C=C(\Cl)C#N.C=CCC(C)(C)C=O.CCOP(=O)(OCC)C(Cl)C#N. The molecule has 0 saturated carbocycles. The van der Waals surface area contributed by atoms with E-state index in [1.54, 1.807) is 38.1 Å². The van der Waals surface area contributed by atoms with Gasteiger partial charge in [-0.25, -0.2) is 0 Å². The second-order valence-corrected chi connectivity index (χ2v) is 14.3.